The highest BCUT2D eigenvalue weighted by atomic mass is 32.2. The van der Waals surface area contributed by atoms with Crippen molar-refractivity contribution >= 4 is 11.8 Å². The number of hydrogen-bond donors (Lipinski definition) is 1. The van der Waals surface area contributed by atoms with E-state index >= 15 is 0 Å². The third-order valence-electron chi connectivity index (χ3n) is 2.76. The first kappa shape index (κ1) is 14.5. The van der Waals surface area contributed by atoms with Crippen LogP contribution in [0, 0.1) is 0 Å². The highest BCUT2D eigenvalue weighted by Gasteiger charge is 2.03. The summed E-state index contributed by atoms with van der Waals surface area (Å²) in [5, 5.41) is 9.35. The largest absolute Gasteiger partial charge is 0.387 e. The lowest BCUT2D eigenvalue weighted by Gasteiger charge is -2.17. The summed E-state index contributed by atoms with van der Waals surface area (Å²) in [4.78, 5) is 7.81. The van der Waals surface area contributed by atoms with E-state index in [-0.39, 0.29) is 0 Å². The topological polar surface area (TPSA) is 36.4 Å². The van der Waals surface area contributed by atoms with E-state index in [0.29, 0.717) is 0 Å². The van der Waals surface area contributed by atoms with E-state index in [1.165, 1.54) is 4.90 Å². The summed E-state index contributed by atoms with van der Waals surface area (Å²) in [5.74, 6) is 1.08. The first-order valence-corrected chi connectivity index (χ1v) is 7.15. The molecule has 1 heterocycles. The first-order chi connectivity index (χ1) is 8.17. The van der Waals surface area contributed by atoms with Gasteiger partial charge in [0, 0.05) is 23.4 Å². The van der Waals surface area contributed by atoms with Crippen LogP contribution < -0.4 is 0 Å². The molecule has 96 valence electrons. The van der Waals surface area contributed by atoms with E-state index in [1.807, 2.05) is 30.1 Å². The summed E-state index contributed by atoms with van der Waals surface area (Å²) < 4.78 is 0. The molecule has 1 rings (SSSR count). The Labute approximate surface area is 108 Å². The molecule has 0 radical (unpaired) electrons. The molecule has 17 heavy (non-hydrogen) atoms. The Bertz CT molecular complexity index is 310. The molecule has 4 heteroatoms. The van der Waals surface area contributed by atoms with Crippen LogP contribution in [-0.2, 0) is 0 Å². The van der Waals surface area contributed by atoms with Crippen LogP contribution in [0.5, 0.6) is 0 Å². The van der Waals surface area contributed by atoms with Crippen molar-refractivity contribution in [1.82, 2.24) is 9.88 Å². The Morgan fingerprint density at radius 3 is 2.53 bits per heavy atom. The Morgan fingerprint density at radius 1 is 1.35 bits per heavy atom. The highest BCUT2D eigenvalue weighted by Crippen LogP contribution is 2.18. The minimum atomic E-state index is -0.482. The maximum absolute atomic E-state index is 9.35. The monoisotopic (exact) mass is 254 g/mol. The van der Waals surface area contributed by atoms with E-state index < -0.39 is 6.10 Å². The molecule has 0 bridgehead atoms. The van der Waals surface area contributed by atoms with Gasteiger partial charge in [0.2, 0.25) is 0 Å². The van der Waals surface area contributed by atoms with Crippen molar-refractivity contribution in [2.75, 3.05) is 25.4 Å². The zero-order valence-electron chi connectivity index (χ0n) is 10.9. The molecular formula is C13H22N2OS. The zero-order valence-corrected chi connectivity index (χ0v) is 11.7. The van der Waals surface area contributed by atoms with Crippen molar-refractivity contribution in [1.29, 1.82) is 0 Å². The summed E-state index contributed by atoms with van der Waals surface area (Å²) in [7, 11) is 0. The molecule has 1 aromatic heterocycles. The van der Waals surface area contributed by atoms with Crippen molar-refractivity contribution in [2.24, 2.45) is 0 Å². The number of aromatic nitrogens is 1. The van der Waals surface area contributed by atoms with Crippen LogP contribution in [0.25, 0.3) is 0 Å². The maximum atomic E-state index is 9.35. The summed E-state index contributed by atoms with van der Waals surface area (Å²) in [6.45, 7) is 9.43. The molecule has 0 fully saturated rings. The van der Waals surface area contributed by atoms with Gasteiger partial charge in [0.1, 0.15) is 0 Å². The molecule has 0 spiro atoms. The molecule has 0 aliphatic heterocycles. The minimum Gasteiger partial charge on any atom is -0.387 e. The van der Waals surface area contributed by atoms with Crippen LogP contribution in [0.3, 0.4) is 0 Å². The molecular weight excluding hydrogens is 232 g/mol. The molecule has 1 atom stereocenters. The van der Waals surface area contributed by atoms with Gasteiger partial charge < -0.3 is 10.0 Å². The molecule has 1 aromatic rings. The number of hydrogen-bond acceptors (Lipinski definition) is 4. The van der Waals surface area contributed by atoms with Gasteiger partial charge in [-0.3, -0.25) is 4.98 Å². The second kappa shape index (κ2) is 7.69. The van der Waals surface area contributed by atoms with E-state index in [4.69, 9.17) is 0 Å². The molecule has 0 aromatic carbocycles. The van der Waals surface area contributed by atoms with Crippen LogP contribution >= 0.6 is 11.8 Å². The van der Waals surface area contributed by atoms with Gasteiger partial charge in [-0.1, -0.05) is 13.8 Å². The third kappa shape index (κ3) is 5.06. The average molecular weight is 254 g/mol. The molecule has 0 amide bonds. The lowest BCUT2D eigenvalue weighted by molar-refractivity contribution is 0.194. The number of aliphatic hydroxyl groups is 1. The fourth-order valence-electron chi connectivity index (χ4n) is 1.56. The summed E-state index contributed by atoms with van der Waals surface area (Å²) in [5.41, 5.74) is 0.734. The lowest BCUT2D eigenvalue weighted by Crippen LogP contribution is -2.25. The van der Waals surface area contributed by atoms with E-state index in [9.17, 15) is 5.11 Å². The minimum absolute atomic E-state index is 0.482. The summed E-state index contributed by atoms with van der Waals surface area (Å²) in [6.07, 6.45) is 1.36. The van der Waals surface area contributed by atoms with Gasteiger partial charge in [0.05, 0.1) is 11.8 Å². The Morgan fingerprint density at radius 2 is 2.06 bits per heavy atom. The molecule has 3 nitrogen and oxygen atoms in total. The lowest BCUT2D eigenvalue weighted by atomic mass is 10.2. The van der Waals surface area contributed by atoms with Gasteiger partial charge in [-0.2, -0.15) is 0 Å². The van der Waals surface area contributed by atoms with Gasteiger partial charge in [-0.05, 0) is 32.1 Å². The van der Waals surface area contributed by atoms with Gasteiger partial charge in [0.25, 0.3) is 0 Å². The van der Waals surface area contributed by atoms with Crippen LogP contribution in [-0.4, -0.2) is 40.4 Å². The molecule has 0 saturated heterocycles. The maximum Gasteiger partial charge on any atom is 0.0931 e. The SMILES string of the molecule is CCN(CC)CCSc1ccc(C(C)O)nc1. The average Bonchev–Trinajstić information content (AvgIpc) is 2.35. The van der Waals surface area contributed by atoms with Crippen molar-refractivity contribution in [3.63, 3.8) is 0 Å². The number of rotatable bonds is 7. The number of aliphatic hydroxyl groups excluding tert-OH is 1. The van der Waals surface area contributed by atoms with Gasteiger partial charge >= 0.3 is 0 Å². The Balaban J connectivity index is 2.37. The van der Waals surface area contributed by atoms with Crippen molar-refractivity contribution in [2.45, 2.75) is 31.8 Å². The third-order valence-corrected chi connectivity index (χ3v) is 3.72. The van der Waals surface area contributed by atoms with Crippen molar-refractivity contribution in [3.05, 3.63) is 24.0 Å². The normalized spacial score (nSPS) is 13.0. The van der Waals surface area contributed by atoms with Gasteiger partial charge in [0.15, 0.2) is 0 Å². The van der Waals surface area contributed by atoms with E-state index in [0.717, 1.165) is 31.1 Å². The van der Waals surface area contributed by atoms with Crippen LogP contribution in [0.2, 0.25) is 0 Å². The molecule has 0 aliphatic rings. The van der Waals surface area contributed by atoms with Crippen LogP contribution in [0.15, 0.2) is 23.2 Å². The Hall–Kier alpha value is -0.580. The molecule has 0 saturated carbocycles. The molecule has 0 aliphatic carbocycles. The van der Waals surface area contributed by atoms with E-state index in [2.05, 4.69) is 23.7 Å². The number of pyridine rings is 1. The van der Waals surface area contributed by atoms with Crippen LogP contribution in [0.1, 0.15) is 32.6 Å². The smallest absolute Gasteiger partial charge is 0.0931 e. The summed E-state index contributed by atoms with van der Waals surface area (Å²) >= 11 is 1.81. The zero-order chi connectivity index (χ0) is 12.7. The second-order valence-corrected chi connectivity index (χ2v) is 5.14. The van der Waals surface area contributed by atoms with Crippen molar-refractivity contribution in [3.8, 4) is 0 Å². The standard InChI is InChI=1S/C13H22N2OS/c1-4-15(5-2)8-9-17-12-6-7-13(11(3)16)14-10-12/h6-7,10-11,16H,4-5,8-9H2,1-3H3. The Kier molecular flexibility index (Phi) is 6.55. The van der Waals surface area contributed by atoms with Crippen molar-refractivity contribution < 1.29 is 5.11 Å². The predicted octanol–water partition coefficient (Wildman–Crippen LogP) is 2.57. The number of thioether (sulfide) groups is 1. The first-order valence-electron chi connectivity index (χ1n) is 6.16. The fraction of sp³-hybridized carbons (Fsp3) is 0.615. The highest BCUT2D eigenvalue weighted by molar-refractivity contribution is 7.99. The van der Waals surface area contributed by atoms with Gasteiger partial charge in [-0.25, -0.2) is 0 Å². The predicted molar refractivity (Wildman–Crippen MR) is 73.4 cm³/mol. The quantitative estimate of drug-likeness (QED) is 0.759. The number of nitrogens with zero attached hydrogens (tertiary/aromatic N) is 2. The molecule has 1 N–H and O–H groups in total. The molecule has 1 unspecified atom stereocenters. The van der Waals surface area contributed by atoms with Crippen LogP contribution in [0.4, 0.5) is 0 Å². The van der Waals surface area contributed by atoms with Gasteiger partial charge in [-0.15, -0.1) is 11.8 Å². The fourth-order valence-corrected chi connectivity index (χ4v) is 2.43. The van der Waals surface area contributed by atoms with E-state index in [1.54, 1.807) is 6.92 Å². The summed E-state index contributed by atoms with van der Waals surface area (Å²) in [6, 6.07) is 3.92. The second-order valence-electron chi connectivity index (χ2n) is 3.97.